The van der Waals surface area contributed by atoms with Crippen molar-refractivity contribution in [1.82, 2.24) is 9.80 Å². The Kier molecular flexibility index (Phi) is 5.74. The predicted molar refractivity (Wildman–Crippen MR) is 130 cm³/mol. The second-order valence-corrected chi connectivity index (χ2v) is 10.6. The van der Waals surface area contributed by atoms with E-state index in [2.05, 4.69) is 34.9 Å². The van der Waals surface area contributed by atoms with E-state index < -0.39 is 5.54 Å². The number of nitrogens with two attached hydrogens (primary N) is 1. The van der Waals surface area contributed by atoms with E-state index in [1.165, 1.54) is 18.4 Å². The summed E-state index contributed by atoms with van der Waals surface area (Å²) in [5, 5.41) is 0. The maximum atomic E-state index is 14.2. The van der Waals surface area contributed by atoms with Gasteiger partial charge in [0.1, 0.15) is 0 Å². The van der Waals surface area contributed by atoms with Crippen molar-refractivity contribution in [1.29, 1.82) is 0 Å². The number of methoxy groups -OCH3 is 1. The van der Waals surface area contributed by atoms with Gasteiger partial charge in [0.05, 0.1) is 6.10 Å². The van der Waals surface area contributed by atoms with E-state index in [9.17, 15) is 4.79 Å². The van der Waals surface area contributed by atoms with Crippen LogP contribution >= 0.6 is 0 Å². The molecule has 0 saturated heterocycles. The Bertz CT molecular complexity index is 1020. The van der Waals surface area contributed by atoms with Crippen LogP contribution in [-0.4, -0.2) is 62.1 Å². The minimum absolute atomic E-state index is 0.0562. The van der Waals surface area contributed by atoms with Gasteiger partial charge < -0.3 is 15.4 Å². The number of rotatable bonds is 5. The maximum absolute atomic E-state index is 14.2. The minimum atomic E-state index is -0.930. The van der Waals surface area contributed by atoms with Crippen molar-refractivity contribution >= 4 is 11.9 Å². The molecule has 4 aliphatic rings. The molecule has 0 radical (unpaired) electrons. The third kappa shape index (κ3) is 3.76. The average molecular weight is 449 g/mol. The first kappa shape index (κ1) is 22.4. The summed E-state index contributed by atoms with van der Waals surface area (Å²) in [6, 6.07) is 6.43. The van der Waals surface area contributed by atoms with Crippen molar-refractivity contribution in [3.63, 3.8) is 0 Å². The quantitative estimate of drug-likeness (QED) is 0.703. The smallest absolute Gasteiger partial charge is 0.262 e. The Morgan fingerprint density at radius 3 is 2.67 bits per heavy atom. The summed E-state index contributed by atoms with van der Waals surface area (Å²) in [6.45, 7) is 1.50. The third-order valence-electron chi connectivity index (χ3n) is 8.12. The molecule has 1 amide bonds. The van der Waals surface area contributed by atoms with E-state index in [1.807, 2.05) is 14.1 Å². The van der Waals surface area contributed by atoms with E-state index in [0.29, 0.717) is 18.4 Å². The number of nitrogens with zero attached hydrogens (tertiary/aromatic N) is 3. The van der Waals surface area contributed by atoms with Crippen molar-refractivity contribution in [2.75, 3.05) is 34.3 Å². The van der Waals surface area contributed by atoms with Gasteiger partial charge in [0, 0.05) is 30.6 Å². The second-order valence-electron chi connectivity index (χ2n) is 10.6. The molecule has 1 atom stereocenters. The van der Waals surface area contributed by atoms with Gasteiger partial charge in [-0.3, -0.25) is 9.69 Å². The van der Waals surface area contributed by atoms with Gasteiger partial charge in [-0.05, 0) is 95.3 Å². The highest BCUT2D eigenvalue weighted by Crippen LogP contribution is 2.62. The molecule has 1 aromatic carbocycles. The zero-order chi connectivity index (χ0) is 23.2. The van der Waals surface area contributed by atoms with Crippen LogP contribution in [0.1, 0.15) is 61.6 Å². The number of carbonyl (C=O) groups is 1. The molecule has 2 spiro atoms. The summed E-state index contributed by atoms with van der Waals surface area (Å²) in [6.07, 6.45) is 8.11. The Hall–Kier alpha value is -2.36. The highest BCUT2D eigenvalue weighted by atomic mass is 16.5. The molecule has 1 aromatic rings. The number of ether oxygens (including phenoxy) is 1. The lowest BCUT2D eigenvalue weighted by molar-refractivity contribution is -0.138. The zero-order valence-corrected chi connectivity index (χ0v) is 20.2. The maximum Gasteiger partial charge on any atom is 0.262 e. The predicted octanol–water partition coefficient (Wildman–Crippen LogP) is 2.88. The molecule has 33 heavy (non-hydrogen) atoms. The van der Waals surface area contributed by atoms with Gasteiger partial charge in [-0.1, -0.05) is 17.9 Å². The molecule has 5 rings (SSSR count). The van der Waals surface area contributed by atoms with Crippen LogP contribution in [-0.2, 0) is 21.5 Å². The standard InChI is InChI=1S/C27H36N4O2/c1-30(2)15-4-16-31-24(32)27(29-25(31)28)23-17-20(8-7-19-5-6-19)9-10-21(23)18-26(27)13-11-22(33-3)12-14-26/h9-10,17,19,22H,4-6,11-16,18H2,1-3H3,(H2,28,29). The molecule has 2 saturated carbocycles. The van der Waals surface area contributed by atoms with Gasteiger partial charge in [-0.2, -0.15) is 0 Å². The number of aliphatic imine (C=N–C) groups is 1. The van der Waals surface area contributed by atoms with Crippen LogP contribution in [0.4, 0.5) is 0 Å². The van der Waals surface area contributed by atoms with Gasteiger partial charge >= 0.3 is 0 Å². The molecular formula is C27H36N4O2. The van der Waals surface area contributed by atoms with Crippen molar-refractivity contribution in [2.24, 2.45) is 22.1 Å². The number of benzene rings is 1. The van der Waals surface area contributed by atoms with Crippen LogP contribution in [0.3, 0.4) is 0 Å². The van der Waals surface area contributed by atoms with E-state index in [4.69, 9.17) is 15.5 Å². The molecule has 6 heteroatoms. The molecule has 176 valence electrons. The molecular weight excluding hydrogens is 412 g/mol. The van der Waals surface area contributed by atoms with Crippen LogP contribution < -0.4 is 5.73 Å². The molecule has 0 bridgehead atoms. The lowest BCUT2D eigenvalue weighted by Gasteiger charge is -2.45. The normalized spacial score (nSPS) is 30.7. The fourth-order valence-corrected chi connectivity index (χ4v) is 6.12. The number of carbonyl (C=O) groups excluding carboxylic acids is 1. The van der Waals surface area contributed by atoms with Crippen LogP contribution in [0.5, 0.6) is 0 Å². The first-order valence-electron chi connectivity index (χ1n) is 12.4. The Morgan fingerprint density at radius 2 is 2.00 bits per heavy atom. The molecule has 1 unspecified atom stereocenters. The third-order valence-corrected chi connectivity index (χ3v) is 8.12. The van der Waals surface area contributed by atoms with Crippen LogP contribution in [0, 0.1) is 23.2 Å². The van der Waals surface area contributed by atoms with Crippen LogP contribution in [0.25, 0.3) is 0 Å². The molecule has 2 N–H and O–H groups in total. The van der Waals surface area contributed by atoms with Gasteiger partial charge in [0.25, 0.3) is 5.91 Å². The number of amides is 1. The second kappa shape index (κ2) is 8.45. The monoisotopic (exact) mass is 448 g/mol. The highest BCUT2D eigenvalue weighted by molar-refractivity contribution is 6.08. The SMILES string of the molecule is COC1CCC2(CC1)Cc1ccc(C#CC3CC3)cc1C21N=C(N)N(CCCN(C)C)C1=O. The van der Waals surface area contributed by atoms with Crippen molar-refractivity contribution in [3.05, 3.63) is 34.9 Å². The molecule has 3 aliphatic carbocycles. The molecule has 1 heterocycles. The summed E-state index contributed by atoms with van der Waals surface area (Å²) in [5.41, 5.74) is 8.54. The van der Waals surface area contributed by atoms with E-state index in [0.717, 1.165) is 56.2 Å². The molecule has 1 aliphatic heterocycles. The summed E-state index contributed by atoms with van der Waals surface area (Å²) >= 11 is 0. The van der Waals surface area contributed by atoms with Crippen molar-refractivity contribution in [2.45, 2.75) is 63.0 Å². The largest absolute Gasteiger partial charge is 0.381 e. The number of fused-ring (bicyclic) bond motifs is 3. The molecule has 6 nitrogen and oxygen atoms in total. The molecule has 0 aromatic heterocycles. The average Bonchev–Trinajstić information content (AvgIpc) is 3.55. The Labute approximate surface area is 197 Å². The topological polar surface area (TPSA) is 71.2 Å². The lowest BCUT2D eigenvalue weighted by atomic mass is 9.61. The first-order valence-corrected chi connectivity index (χ1v) is 12.4. The van der Waals surface area contributed by atoms with Gasteiger partial charge in [-0.25, -0.2) is 4.99 Å². The van der Waals surface area contributed by atoms with E-state index >= 15 is 0 Å². The van der Waals surface area contributed by atoms with Crippen LogP contribution in [0.15, 0.2) is 23.2 Å². The number of hydrogen-bond acceptors (Lipinski definition) is 5. The van der Waals surface area contributed by atoms with Gasteiger partial charge in [-0.15, -0.1) is 0 Å². The fraction of sp³-hybridized carbons (Fsp3) is 0.630. The first-order chi connectivity index (χ1) is 15.9. The summed E-state index contributed by atoms with van der Waals surface area (Å²) in [4.78, 5) is 23.2. The number of guanidine groups is 1. The summed E-state index contributed by atoms with van der Waals surface area (Å²) < 4.78 is 5.67. The minimum Gasteiger partial charge on any atom is -0.381 e. The molecule has 2 fully saturated rings. The Morgan fingerprint density at radius 1 is 1.24 bits per heavy atom. The number of hydrogen-bond donors (Lipinski definition) is 1. The zero-order valence-electron chi connectivity index (χ0n) is 20.2. The van der Waals surface area contributed by atoms with Gasteiger partial charge in [0.15, 0.2) is 11.5 Å². The van der Waals surface area contributed by atoms with Crippen molar-refractivity contribution in [3.8, 4) is 11.8 Å². The van der Waals surface area contributed by atoms with Crippen molar-refractivity contribution < 1.29 is 9.53 Å². The van der Waals surface area contributed by atoms with E-state index in [-0.39, 0.29) is 17.4 Å². The lowest BCUT2D eigenvalue weighted by Crippen LogP contribution is -2.52. The summed E-state index contributed by atoms with van der Waals surface area (Å²) in [7, 11) is 5.88. The van der Waals surface area contributed by atoms with Gasteiger partial charge in [0.2, 0.25) is 0 Å². The van der Waals surface area contributed by atoms with Crippen LogP contribution in [0.2, 0.25) is 0 Å². The van der Waals surface area contributed by atoms with E-state index in [1.54, 1.807) is 12.0 Å². The highest BCUT2D eigenvalue weighted by Gasteiger charge is 2.66. The summed E-state index contributed by atoms with van der Waals surface area (Å²) in [5.74, 6) is 7.69. The fourth-order valence-electron chi connectivity index (χ4n) is 6.12. The Balaban J connectivity index is 1.54.